The summed E-state index contributed by atoms with van der Waals surface area (Å²) in [5, 5.41) is 11.1. The molecule has 0 amide bonds. The minimum Gasteiger partial charge on any atom is -0.494 e. The number of para-hydroxylation sites is 1. The van der Waals surface area contributed by atoms with Crippen molar-refractivity contribution in [2.75, 3.05) is 0 Å². The minimum atomic E-state index is -0.210. The van der Waals surface area contributed by atoms with Gasteiger partial charge in [-0.2, -0.15) is 0 Å². The largest absolute Gasteiger partial charge is 0.494 e. The summed E-state index contributed by atoms with van der Waals surface area (Å²) < 4.78 is 4.25. The van der Waals surface area contributed by atoms with Crippen molar-refractivity contribution in [2.45, 2.75) is 6.92 Å². The molecule has 0 saturated carbocycles. The van der Waals surface area contributed by atoms with Crippen LogP contribution in [-0.2, 0) is 7.05 Å². The Morgan fingerprint density at radius 2 is 1.93 bits per heavy atom. The standard InChI is InChI=1S/C20H17BrN4O2/c1-12-18(20(27)25(24(12)2)14-6-4-3-5-7-14)22-11-16-15-10-13(21)8-9-17(15)23-19(16)26/h3-11,23,26H,1-2H3. The Kier molecular flexibility index (Phi) is 4.24. The number of aliphatic imine (C=N–C) groups is 1. The van der Waals surface area contributed by atoms with Gasteiger partial charge in [-0.15, -0.1) is 0 Å². The number of hydrogen-bond acceptors (Lipinski definition) is 3. The average molecular weight is 425 g/mol. The third kappa shape index (κ3) is 2.90. The summed E-state index contributed by atoms with van der Waals surface area (Å²) in [5.74, 6) is 0.0174. The van der Waals surface area contributed by atoms with E-state index in [-0.39, 0.29) is 11.4 Å². The molecule has 0 aliphatic carbocycles. The van der Waals surface area contributed by atoms with E-state index in [1.165, 1.54) is 6.21 Å². The van der Waals surface area contributed by atoms with Crippen LogP contribution in [0.5, 0.6) is 5.88 Å². The van der Waals surface area contributed by atoms with Gasteiger partial charge in [0.1, 0.15) is 0 Å². The van der Waals surface area contributed by atoms with Gasteiger partial charge in [0.05, 0.1) is 16.9 Å². The molecular weight excluding hydrogens is 408 g/mol. The number of nitrogens with one attached hydrogen (secondary N) is 1. The van der Waals surface area contributed by atoms with E-state index in [0.29, 0.717) is 11.3 Å². The normalized spacial score (nSPS) is 11.7. The summed E-state index contributed by atoms with van der Waals surface area (Å²) in [5.41, 5.74) is 2.97. The topological polar surface area (TPSA) is 75.3 Å². The first kappa shape index (κ1) is 17.4. The number of halogens is 1. The number of H-pyrrole nitrogens is 1. The van der Waals surface area contributed by atoms with Crippen LogP contribution in [0, 0.1) is 6.92 Å². The van der Waals surface area contributed by atoms with Gasteiger partial charge in [-0.25, -0.2) is 9.67 Å². The van der Waals surface area contributed by atoms with Gasteiger partial charge < -0.3 is 10.1 Å². The van der Waals surface area contributed by atoms with Gasteiger partial charge in [-0.1, -0.05) is 34.1 Å². The lowest BCUT2D eigenvalue weighted by Gasteiger charge is -2.07. The molecule has 0 bridgehead atoms. The quantitative estimate of drug-likeness (QED) is 0.483. The van der Waals surface area contributed by atoms with Crippen molar-refractivity contribution >= 4 is 38.7 Å². The summed E-state index contributed by atoms with van der Waals surface area (Å²) in [6.07, 6.45) is 1.53. The summed E-state index contributed by atoms with van der Waals surface area (Å²) in [6, 6.07) is 15.1. The molecule has 0 unspecified atom stereocenters. The maximum Gasteiger partial charge on any atom is 0.297 e. The van der Waals surface area contributed by atoms with Crippen molar-refractivity contribution in [3.05, 3.63) is 74.6 Å². The average Bonchev–Trinajstić information content (AvgIpc) is 3.07. The summed E-state index contributed by atoms with van der Waals surface area (Å²) in [7, 11) is 1.82. The van der Waals surface area contributed by atoms with Crippen molar-refractivity contribution in [3.8, 4) is 11.6 Å². The highest BCUT2D eigenvalue weighted by Gasteiger charge is 2.16. The summed E-state index contributed by atoms with van der Waals surface area (Å²) in [6.45, 7) is 1.85. The van der Waals surface area contributed by atoms with Crippen LogP contribution in [-0.4, -0.2) is 25.7 Å². The molecule has 0 fully saturated rings. The third-order valence-electron chi connectivity index (χ3n) is 4.63. The van der Waals surface area contributed by atoms with E-state index in [1.54, 1.807) is 9.36 Å². The predicted octanol–water partition coefficient (Wildman–Crippen LogP) is 4.18. The smallest absolute Gasteiger partial charge is 0.297 e. The maximum absolute atomic E-state index is 12.9. The van der Waals surface area contributed by atoms with E-state index in [4.69, 9.17) is 0 Å². The van der Waals surface area contributed by atoms with Crippen molar-refractivity contribution in [1.82, 2.24) is 14.3 Å². The Labute approximate surface area is 163 Å². The summed E-state index contributed by atoms with van der Waals surface area (Å²) >= 11 is 3.44. The third-order valence-corrected chi connectivity index (χ3v) is 5.12. The molecule has 0 spiro atoms. The number of hydrogen-bond donors (Lipinski definition) is 2. The predicted molar refractivity (Wildman–Crippen MR) is 111 cm³/mol. The molecule has 0 atom stereocenters. The van der Waals surface area contributed by atoms with E-state index in [1.807, 2.05) is 62.5 Å². The van der Waals surface area contributed by atoms with Crippen LogP contribution < -0.4 is 5.56 Å². The van der Waals surface area contributed by atoms with Crippen molar-refractivity contribution in [3.63, 3.8) is 0 Å². The molecule has 2 aromatic heterocycles. The molecule has 0 saturated heterocycles. The first-order chi connectivity index (χ1) is 13.0. The lowest BCUT2D eigenvalue weighted by Crippen LogP contribution is -2.19. The fourth-order valence-electron chi connectivity index (χ4n) is 3.13. The van der Waals surface area contributed by atoms with Gasteiger partial charge in [-0.3, -0.25) is 9.48 Å². The molecule has 2 heterocycles. The van der Waals surface area contributed by atoms with Crippen LogP contribution in [0.3, 0.4) is 0 Å². The Bertz CT molecular complexity index is 1230. The lowest BCUT2D eigenvalue weighted by atomic mass is 10.2. The second-order valence-corrected chi connectivity index (χ2v) is 7.16. The number of aromatic amines is 1. The Balaban J connectivity index is 1.84. The molecule has 0 aliphatic rings. The van der Waals surface area contributed by atoms with Crippen LogP contribution in [0.4, 0.5) is 5.69 Å². The van der Waals surface area contributed by atoms with Gasteiger partial charge in [0.15, 0.2) is 11.6 Å². The number of aromatic hydroxyl groups is 1. The number of fused-ring (bicyclic) bond motifs is 1. The van der Waals surface area contributed by atoms with Crippen molar-refractivity contribution < 1.29 is 5.11 Å². The monoisotopic (exact) mass is 424 g/mol. The molecule has 4 rings (SSSR count). The zero-order valence-corrected chi connectivity index (χ0v) is 16.4. The molecule has 2 N–H and O–H groups in total. The van der Waals surface area contributed by atoms with Gasteiger partial charge in [0.2, 0.25) is 0 Å². The number of benzene rings is 2. The van der Waals surface area contributed by atoms with Crippen LogP contribution in [0.15, 0.2) is 62.8 Å². The van der Waals surface area contributed by atoms with E-state index in [0.717, 1.165) is 26.8 Å². The first-order valence-corrected chi connectivity index (χ1v) is 9.15. The highest BCUT2D eigenvalue weighted by Crippen LogP contribution is 2.29. The van der Waals surface area contributed by atoms with Gasteiger partial charge in [-0.05, 0) is 37.3 Å². The second-order valence-electron chi connectivity index (χ2n) is 6.25. The van der Waals surface area contributed by atoms with Gasteiger partial charge in [0, 0.05) is 28.6 Å². The van der Waals surface area contributed by atoms with Crippen LogP contribution in [0.2, 0.25) is 0 Å². The van der Waals surface area contributed by atoms with E-state index in [9.17, 15) is 9.90 Å². The fraction of sp³-hybridized carbons (Fsp3) is 0.100. The van der Waals surface area contributed by atoms with Gasteiger partial charge in [0.25, 0.3) is 5.56 Å². The molecule has 136 valence electrons. The van der Waals surface area contributed by atoms with Crippen molar-refractivity contribution in [1.29, 1.82) is 0 Å². The van der Waals surface area contributed by atoms with E-state index in [2.05, 4.69) is 25.9 Å². The molecule has 6 nitrogen and oxygen atoms in total. The number of aromatic nitrogens is 3. The fourth-order valence-corrected chi connectivity index (χ4v) is 3.49. The SMILES string of the molecule is Cc1c(N=Cc2c(O)[nH]c3ccc(Br)cc23)c(=O)n(-c2ccccc2)n1C. The van der Waals surface area contributed by atoms with Crippen LogP contribution >= 0.6 is 15.9 Å². The first-order valence-electron chi connectivity index (χ1n) is 8.35. The minimum absolute atomic E-state index is 0.0174. The molecular formula is C20H17BrN4O2. The Hall–Kier alpha value is -3.06. The van der Waals surface area contributed by atoms with Gasteiger partial charge >= 0.3 is 0 Å². The highest BCUT2D eigenvalue weighted by molar-refractivity contribution is 9.10. The zero-order valence-electron chi connectivity index (χ0n) is 14.8. The lowest BCUT2D eigenvalue weighted by molar-refractivity contribution is 0.457. The van der Waals surface area contributed by atoms with E-state index < -0.39 is 0 Å². The highest BCUT2D eigenvalue weighted by atomic mass is 79.9. The van der Waals surface area contributed by atoms with Crippen LogP contribution in [0.1, 0.15) is 11.3 Å². The molecule has 0 radical (unpaired) electrons. The molecule has 7 heteroatoms. The van der Waals surface area contributed by atoms with Crippen LogP contribution in [0.25, 0.3) is 16.6 Å². The number of rotatable bonds is 3. The Morgan fingerprint density at radius 1 is 1.19 bits per heavy atom. The molecule has 27 heavy (non-hydrogen) atoms. The van der Waals surface area contributed by atoms with E-state index >= 15 is 0 Å². The summed E-state index contributed by atoms with van der Waals surface area (Å²) in [4.78, 5) is 20.3. The number of nitrogens with zero attached hydrogens (tertiary/aromatic N) is 3. The molecule has 4 aromatic rings. The molecule has 2 aromatic carbocycles. The second kappa shape index (κ2) is 6.59. The Morgan fingerprint density at radius 3 is 2.67 bits per heavy atom. The zero-order chi connectivity index (χ0) is 19.1. The maximum atomic E-state index is 12.9. The van der Waals surface area contributed by atoms with Crippen molar-refractivity contribution in [2.24, 2.45) is 12.0 Å². The molecule has 0 aliphatic heterocycles.